The van der Waals surface area contributed by atoms with Gasteiger partial charge in [0.1, 0.15) is 12.4 Å². The summed E-state index contributed by atoms with van der Waals surface area (Å²) in [6.07, 6.45) is 2.68. The molecule has 0 atom stereocenters. The molecule has 0 radical (unpaired) electrons. The number of thioether (sulfide) groups is 1. The number of nitrogens with one attached hydrogen (secondary N) is 1. The highest BCUT2D eigenvalue weighted by molar-refractivity contribution is 8.18. The molecule has 0 unspecified atom stereocenters. The number of morpholine rings is 1. The lowest BCUT2D eigenvalue weighted by molar-refractivity contribution is -0.135. The molecule has 10 heteroatoms. The molecular weight excluding hydrogens is 396 g/mol. The van der Waals surface area contributed by atoms with Crippen LogP contribution in [0.3, 0.4) is 0 Å². The average Bonchev–Trinajstić information content (AvgIpc) is 3.08. The predicted molar refractivity (Wildman–Crippen MR) is 110 cm³/mol. The topological polar surface area (TPSA) is 102 Å². The van der Waals surface area contributed by atoms with Crippen molar-refractivity contribution >= 4 is 35.0 Å². The number of benzene rings is 1. The molecule has 0 aromatic heterocycles. The number of carbonyl (C=O) groups is 2. The molecule has 2 aliphatic rings. The second kappa shape index (κ2) is 10.7. The fourth-order valence-corrected chi connectivity index (χ4v) is 3.35. The van der Waals surface area contributed by atoms with Gasteiger partial charge in [-0.25, -0.2) is 4.79 Å². The molecule has 2 saturated heterocycles. The monoisotopic (exact) mass is 418 g/mol. The number of amidine groups is 1. The summed E-state index contributed by atoms with van der Waals surface area (Å²) in [5, 5.41) is 10.8. The first-order chi connectivity index (χ1) is 14.2. The maximum Gasteiger partial charge on any atom is 0.331 e. The van der Waals surface area contributed by atoms with Crippen molar-refractivity contribution in [1.29, 1.82) is 0 Å². The molecule has 0 saturated carbocycles. The normalized spacial score (nSPS) is 20.4. The molecular formula is C19H22N4O5S. The molecule has 1 aromatic carbocycles. The molecule has 0 spiro atoms. The number of amides is 1. The molecule has 1 aromatic rings. The Morgan fingerprint density at radius 1 is 1.34 bits per heavy atom. The van der Waals surface area contributed by atoms with Gasteiger partial charge in [0.2, 0.25) is 0 Å². The maximum absolute atomic E-state index is 11.8. The van der Waals surface area contributed by atoms with E-state index >= 15 is 0 Å². The van der Waals surface area contributed by atoms with E-state index in [4.69, 9.17) is 9.47 Å². The summed E-state index contributed by atoms with van der Waals surface area (Å²) < 4.78 is 15.8. The number of nitrogens with zero attached hydrogens (tertiary/aromatic N) is 3. The minimum atomic E-state index is -0.601. The third-order valence-corrected chi connectivity index (χ3v) is 5.03. The van der Waals surface area contributed by atoms with Crippen molar-refractivity contribution in [2.75, 3.05) is 46.6 Å². The SMILES string of the molecule is COC(=O)/C=C1/S/C(=N\N=Cc2ccccc2OCCN2CCOCC2)NC1=O. The van der Waals surface area contributed by atoms with Gasteiger partial charge >= 0.3 is 5.97 Å². The van der Waals surface area contributed by atoms with E-state index in [9.17, 15) is 9.59 Å². The van der Waals surface area contributed by atoms with E-state index in [1.165, 1.54) is 7.11 Å². The van der Waals surface area contributed by atoms with Crippen molar-refractivity contribution in [3.8, 4) is 5.75 Å². The first kappa shape index (κ1) is 21.0. The van der Waals surface area contributed by atoms with Crippen molar-refractivity contribution < 1.29 is 23.8 Å². The average molecular weight is 418 g/mol. The van der Waals surface area contributed by atoms with Gasteiger partial charge in [-0.3, -0.25) is 15.0 Å². The Kier molecular flexibility index (Phi) is 7.79. The van der Waals surface area contributed by atoms with Crippen LogP contribution in [0.15, 0.2) is 45.4 Å². The number of para-hydroxylation sites is 1. The molecule has 1 amide bonds. The van der Waals surface area contributed by atoms with Crippen LogP contribution in [0.2, 0.25) is 0 Å². The van der Waals surface area contributed by atoms with Gasteiger partial charge in [-0.1, -0.05) is 12.1 Å². The fraction of sp³-hybridized carbons (Fsp3) is 0.368. The highest BCUT2D eigenvalue weighted by Crippen LogP contribution is 2.23. The third-order valence-electron chi connectivity index (χ3n) is 4.13. The Hall–Kier alpha value is -2.69. The summed E-state index contributed by atoms with van der Waals surface area (Å²) in [5.74, 6) is -0.309. The molecule has 2 aliphatic heterocycles. The standard InChI is InChI=1S/C19H22N4O5S/c1-26-17(24)12-16-18(25)21-19(29-16)22-20-13-14-4-2-3-5-15(14)28-11-8-23-6-9-27-10-7-23/h2-5,12-13H,6-11H2,1H3,(H,21,22,25)/b16-12+,20-13?. The van der Waals surface area contributed by atoms with Crippen LogP contribution < -0.4 is 10.1 Å². The number of hydrogen-bond acceptors (Lipinski definition) is 9. The van der Waals surface area contributed by atoms with Crippen molar-refractivity contribution in [2.45, 2.75) is 0 Å². The summed E-state index contributed by atoms with van der Waals surface area (Å²) in [6.45, 7) is 4.74. The van der Waals surface area contributed by atoms with E-state index in [0.29, 0.717) is 12.4 Å². The number of ether oxygens (including phenoxy) is 3. The molecule has 2 fully saturated rings. The Labute approximate surface area is 172 Å². The van der Waals surface area contributed by atoms with Gasteiger partial charge in [0.15, 0.2) is 5.17 Å². The smallest absolute Gasteiger partial charge is 0.331 e. The summed E-state index contributed by atoms with van der Waals surface area (Å²) in [7, 11) is 1.25. The van der Waals surface area contributed by atoms with Crippen molar-refractivity contribution in [1.82, 2.24) is 10.2 Å². The lowest BCUT2D eigenvalue weighted by atomic mass is 10.2. The van der Waals surface area contributed by atoms with E-state index in [1.807, 2.05) is 24.3 Å². The summed E-state index contributed by atoms with van der Waals surface area (Å²) >= 11 is 1.02. The van der Waals surface area contributed by atoms with Crippen molar-refractivity contribution in [2.24, 2.45) is 10.2 Å². The predicted octanol–water partition coefficient (Wildman–Crippen LogP) is 1.01. The largest absolute Gasteiger partial charge is 0.492 e. The maximum atomic E-state index is 11.8. The molecule has 154 valence electrons. The van der Waals surface area contributed by atoms with Crippen LogP contribution in [0.1, 0.15) is 5.56 Å². The van der Waals surface area contributed by atoms with Gasteiger partial charge in [0.05, 0.1) is 31.4 Å². The summed E-state index contributed by atoms with van der Waals surface area (Å²) in [6, 6.07) is 7.52. The van der Waals surface area contributed by atoms with Gasteiger partial charge in [-0.2, -0.15) is 5.10 Å². The van der Waals surface area contributed by atoms with Gasteiger partial charge < -0.3 is 14.2 Å². The highest BCUT2D eigenvalue weighted by Gasteiger charge is 2.25. The van der Waals surface area contributed by atoms with Crippen LogP contribution in [-0.2, 0) is 19.1 Å². The second-order valence-electron chi connectivity index (χ2n) is 6.08. The second-order valence-corrected chi connectivity index (χ2v) is 7.11. The molecule has 29 heavy (non-hydrogen) atoms. The van der Waals surface area contributed by atoms with Crippen LogP contribution in [0, 0.1) is 0 Å². The molecule has 9 nitrogen and oxygen atoms in total. The van der Waals surface area contributed by atoms with Gasteiger partial charge in [-0.05, 0) is 23.9 Å². The number of esters is 1. The van der Waals surface area contributed by atoms with Gasteiger partial charge in [-0.15, -0.1) is 5.10 Å². The Balaban J connectivity index is 1.56. The van der Waals surface area contributed by atoms with E-state index in [0.717, 1.165) is 56.2 Å². The summed E-state index contributed by atoms with van der Waals surface area (Å²) in [4.78, 5) is 25.6. The third kappa shape index (κ3) is 6.41. The number of hydrogen-bond donors (Lipinski definition) is 1. The highest BCUT2D eigenvalue weighted by atomic mass is 32.2. The first-order valence-electron chi connectivity index (χ1n) is 9.07. The van der Waals surface area contributed by atoms with Crippen LogP contribution in [-0.4, -0.2) is 74.7 Å². The van der Waals surface area contributed by atoms with Crippen LogP contribution >= 0.6 is 11.8 Å². The molecule has 1 N–H and O–H groups in total. The number of methoxy groups -OCH3 is 1. The van der Waals surface area contributed by atoms with E-state index in [2.05, 4.69) is 25.2 Å². The zero-order valence-corrected chi connectivity index (χ0v) is 16.8. The molecule has 0 bridgehead atoms. The van der Waals surface area contributed by atoms with Gasteiger partial charge in [0.25, 0.3) is 5.91 Å². The van der Waals surface area contributed by atoms with E-state index < -0.39 is 11.9 Å². The minimum Gasteiger partial charge on any atom is -0.492 e. The quantitative estimate of drug-likeness (QED) is 0.305. The Morgan fingerprint density at radius 2 is 2.14 bits per heavy atom. The molecule has 0 aliphatic carbocycles. The van der Waals surface area contributed by atoms with Crippen LogP contribution in [0.4, 0.5) is 0 Å². The van der Waals surface area contributed by atoms with Crippen LogP contribution in [0.5, 0.6) is 5.75 Å². The fourth-order valence-electron chi connectivity index (χ4n) is 2.61. The molecule has 3 rings (SSSR count). The Bertz CT molecular complexity index is 834. The van der Waals surface area contributed by atoms with E-state index in [1.54, 1.807) is 6.21 Å². The number of carbonyl (C=O) groups excluding carboxylic acids is 2. The zero-order chi connectivity index (χ0) is 20.5. The molecule has 2 heterocycles. The van der Waals surface area contributed by atoms with Crippen LogP contribution in [0.25, 0.3) is 0 Å². The Morgan fingerprint density at radius 3 is 2.93 bits per heavy atom. The lowest BCUT2D eigenvalue weighted by Gasteiger charge is -2.26. The summed E-state index contributed by atoms with van der Waals surface area (Å²) in [5.41, 5.74) is 0.776. The first-order valence-corrected chi connectivity index (χ1v) is 9.89. The zero-order valence-electron chi connectivity index (χ0n) is 16.0. The van der Waals surface area contributed by atoms with E-state index in [-0.39, 0.29) is 10.1 Å². The van der Waals surface area contributed by atoms with Gasteiger partial charge in [0, 0.05) is 31.3 Å². The lowest BCUT2D eigenvalue weighted by Crippen LogP contribution is -2.38. The van der Waals surface area contributed by atoms with Crippen molar-refractivity contribution in [3.05, 3.63) is 40.8 Å². The number of rotatable bonds is 7. The minimum absolute atomic E-state index is 0.206. The van der Waals surface area contributed by atoms with Crippen molar-refractivity contribution in [3.63, 3.8) is 0 Å².